The van der Waals surface area contributed by atoms with Crippen molar-refractivity contribution in [3.8, 4) is 0 Å². The maximum Gasteiger partial charge on any atom is 0.410 e. The van der Waals surface area contributed by atoms with Crippen LogP contribution in [0.5, 0.6) is 0 Å². The minimum atomic E-state index is -1.66. The fourth-order valence-electron chi connectivity index (χ4n) is 9.34. The first-order chi connectivity index (χ1) is 39.8. The number of hydrogen-bond donors (Lipinski definition) is 9. The molecule has 1 aliphatic rings. The normalized spacial score (nSPS) is 15.2. The van der Waals surface area contributed by atoms with Gasteiger partial charge in [0, 0.05) is 46.6 Å². The molecule has 1 aliphatic heterocycles. The molecule has 0 radical (unpaired) electrons. The summed E-state index contributed by atoms with van der Waals surface area (Å²) in [6.45, 7) is 29.4. The van der Waals surface area contributed by atoms with Crippen LogP contribution in [-0.2, 0) is 47.9 Å². The van der Waals surface area contributed by atoms with E-state index in [1.807, 2.05) is 41.5 Å². The molecule has 0 aromatic carbocycles. The predicted octanol–water partition coefficient (Wildman–Crippen LogP) is 4.59. The third-order valence-electron chi connectivity index (χ3n) is 14.3. The van der Waals surface area contributed by atoms with Crippen LogP contribution in [0.25, 0.3) is 0 Å². The molecule has 0 spiro atoms. The smallest absolute Gasteiger partial charge is 0.410 e. The van der Waals surface area contributed by atoms with Crippen molar-refractivity contribution in [2.75, 3.05) is 33.2 Å². The van der Waals surface area contributed by atoms with Crippen LogP contribution in [0.1, 0.15) is 211 Å². The molecule has 25 heteroatoms. The molecule has 1 unspecified atom stereocenters. The van der Waals surface area contributed by atoms with Crippen LogP contribution in [0.2, 0.25) is 0 Å². The molecule has 5 atom stereocenters. The molecule has 9 N–H and O–H groups in total. The molecule has 0 saturated carbocycles. The number of carbonyl (C=O) groups excluding carboxylic acids is 11. The summed E-state index contributed by atoms with van der Waals surface area (Å²) in [5, 5.41) is 24.8. The standard InChI is InChI=1S/C61H106N12O13/c1-19-20-21-22-23-24-26-41(65-52(79)46-27-25-31-73(46)53(80)45-36-85-40(8)64-45)48(75)66-43(34-38(4)5)50(77)69-60(14,15)55(82)68-42(33-37(2)3)49(76)67-44(35-39(6)7)51(78)70-61(16,17)56(83)71-59(12,13)54(81)63-29-28-47(74)62-30-32-72(18)57(84)86-58(9,10)11/h36-39,41-44,46H,19-35H2,1-18H3,(H,62,74)(H,63,81)(H,65,79)(H,66,75)(H,67,76)(H,68,82)(H,69,77)(H,70,78)(H,71,83)/t41-,42-,43-,44?,46-/m0/s1. The van der Waals surface area contributed by atoms with Crippen molar-refractivity contribution in [3.63, 3.8) is 0 Å². The maximum absolute atomic E-state index is 14.3. The van der Waals surface area contributed by atoms with E-state index in [1.165, 1.54) is 57.6 Å². The van der Waals surface area contributed by atoms with Gasteiger partial charge in [0.05, 0.1) is 0 Å². The number of aryl methyl sites for hydroxylation is 1. The number of likely N-dealkylation sites (N-methyl/N-ethyl adjacent to an activating group) is 1. The van der Waals surface area contributed by atoms with Gasteiger partial charge in [-0.3, -0.25) is 47.9 Å². The number of aromatic nitrogens is 1. The Balaban J connectivity index is 2.19. The minimum Gasteiger partial charge on any atom is -0.448 e. The van der Waals surface area contributed by atoms with Crippen molar-refractivity contribution < 1.29 is 61.9 Å². The van der Waals surface area contributed by atoms with Crippen molar-refractivity contribution in [2.24, 2.45) is 17.8 Å². The number of carbonyl (C=O) groups is 11. The largest absolute Gasteiger partial charge is 0.448 e. The second kappa shape index (κ2) is 34.5. The molecule has 1 saturated heterocycles. The molecule has 1 fully saturated rings. The Labute approximate surface area is 510 Å². The monoisotopic (exact) mass is 1210 g/mol. The van der Waals surface area contributed by atoms with Crippen molar-refractivity contribution in [1.82, 2.24) is 62.6 Å². The quantitative estimate of drug-likeness (QED) is 0.0420. The van der Waals surface area contributed by atoms with Crippen LogP contribution in [0.15, 0.2) is 10.7 Å². The summed E-state index contributed by atoms with van der Waals surface area (Å²) in [7, 11) is 1.55. The van der Waals surface area contributed by atoms with Crippen molar-refractivity contribution in [1.29, 1.82) is 0 Å². The average Bonchev–Trinajstić information content (AvgIpc) is 1.98. The summed E-state index contributed by atoms with van der Waals surface area (Å²) < 4.78 is 10.6. The highest BCUT2D eigenvalue weighted by Crippen LogP contribution is 2.22. The zero-order valence-electron chi connectivity index (χ0n) is 54.9. The van der Waals surface area contributed by atoms with E-state index >= 15 is 0 Å². The lowest BCUT2D eigenvalue weighted by Gasteiger charge is -2.34. The van der Waals surface area contributed by atoms with E-state index in [0.717, 1.165) is 32.1 Å². The van der Waals surface area contributed by atoms with Gasteiger partial charge >= 0.3 is 6.09 Å². The summed E-state index contributed by atoms with van der Waals surface area (Å²) in [5.74, 6) is -6.17. The zero-order chi connectivity index (χ0) is 65.5. The van der Waals surface area contributed by atoms with Gasteiger partial charge in [-0.25, -0.2) is 9.78 Å². The first-order valence-electron chi connectivity index (χ1n) is 30.7. The Morgan fingerprint density at radius 2 is 1.13 bits per heavy atom. The Morgan fingerprint density at radius 3 is 1.64 bits per heavy atom. The van der Waals surface area contributed by atoms with E-state index in [2.05, 4.69) is 59.8 Å². The first kappa shape index (κ1) is 75.3. The van der Waals surface area contributed by atoms with Crippen LogP contribution >= 0.6 is 0 Å². The van der Waals surface area contributed by atoms with Gasteiger partial charge in [0.1, 0.15) is 58.7 Å². The SMILES string of the molecule is CCCCCCCC[C@H](NC(=O)[C@@H]1CCCN1C(=O)c1coc(C)n1)C(=O)N[C@@H](CC(C)C)C(=O)NC(C)(C)C(=O)N[C@@H](CC(C)C)C(=O)NC(CC(C)C)C(=O)NC(C)(C)C(=O)NC(C)(C)C(=O)NCCC(=O)NCCN(C)C(=O)OC(C)(C)C. The number of ether oxygens (including phenoxy) is 1. The van der Waals surface area contributed by atoms with E-state index < -0.39 is 112 Å². The lowest BCUT2D eigenvalue weighted by atomic mass is 9.96. The van der Waals surface area contributed by atoms with Crippen molar-refractivity contribution in [2.45, 2.75) is 254 Å². The Bertz CT molecular complexity index is 2460. The van der Waals surface area contributed by atoms with Crippen LogP contribution in [0.3, 0.4) is 0 Å². The van der Waals surface area contributed by atoms with Crippen molar-refractivity contribution >= 4 is 65.2 Å². The maximum atomic E-state index is 14.3. The van der Waals surface area contributed by atoms with Gasteiger partial charge in [-0.05, 0) is 119 Å². The zero-order valence-corrected chi connectivity index (χ0v) is 54.9. The second-order valence-corrected chi connectivity index (χ2v) is 26.6. The van der Waals surface area contributed by atoms with Crippen LogP contribution in [0, 0.1) is 24.7 Å². The Kier molecular flexibility index (Phi) is 30.2. The Hall–Kier alpha value is -6.82. The van der Waals surface area contributed by atoms with Gasteiger partial charge in [-0.15, -0.1) is 0 Å². The van der Waals surface area contributed by atoms with Gasteiger partial charge < -0.3 is 66.8 Å². The van der Waals surface area contributed by atoms with E-state index in [9.17, 15) is 52.7 Å². The molecule has 0 bridgehead atoms. The van der Waals surface area contributed by atoms with E-state index in [-0.39, 0.29) is 81.1 Å². The number of nitrogens with zero attached hydrogens (tertiary/aromatic N) is 3. The fraction of sp³-hybridized carbons (Fsp3) is 0.770. The highest BCUT2D eigenvalue weighted by molar-refractivity contribution is 6.00. The van der Waals surface area contributed by atoms with Gasteiger partial charge in [0.25, 0.3) is 5.91 Å². The molecule has 1 aromatic rings. The number of oxazole rings is 1. The molecular formula is C61H106N12O13. The summed E-state index contributed by atoms with van der Waals surface area (Å²) in [5.41, 5.74) is -5.38. The minimum absolute atomic E-state index is 0.0608. The second-order valence-electron chi connectivity index (χ2n) is 26.6. The molecule has 488 valence electrons. The molecule has 86 heavy (non-hydrogen) atoms. The first-order valence-corrected chi connectivity index (χ1v) is 30.7. The van der Waals surface area contributed by atoms with Gasteiger partial charge in [-0.2, -0.15) is 0 Å². The summed E-state index contributed by atoms with van der Waals surface area (Å²) in [6, 6.07) is -5.44. The lowest BCUT2D eigenvalue weighted by Crippen LogP contribution is -2.65. The molecule has 11 amide bonds. The summed E-state index contributed by atoms with van der Waals surface area (Å²) in [6.07, 6.45) is 7.80. The number of hydrogen-bond acceptors (Lipinski definition) is 14. The fourth-order valence-corrected chi connectivity index (χ4v) is 9.34. The number of likely N-dealkylation sites (tertiary alicyclic amines) is 1. The van der Waals surface area contributed by atoms with Crippen LogP contribution < -0.4 is 47.9 Å². The van der Waals surface area contributed by atoms with E-state index in [1.54, 1.807) is 34.7 Å². The summed E-state index contributed by atoms with van der Waals surface area (Å²) >= 11 is 0. The number of amides is 11. The average molecular weight is 1220 g/mol. The number of nitrogens with one attached hydrogen (secondary N) is 9. The molecule has 2 rings (SSSR count). The highest BCUT2D eigenvalue weighted by atomic mass is 16.6. The number of unbranched alkanes of at least 4 members (excludes halogenated alkanes) is 5. The highest BCUT2D eigenvalue weighted by Gasteiger charge is 2.42. The molecule has 1 aromatic heterocycles. The van der Waals surface area contributed by atoms with Gasteiger partial charge in [0.2, 0.25) is 53.2 Å². The molecule has 2 heterocycles. The van der Waals surface area contributed by atoms with Crippen molar-refractivity contribution in [3.05, 3.63) is 17.8 Å². The van der Waals surface area contributed by atoms with Gasteiger partial charge in [-0.1, -0.05) is 87.0 Å². The van der Waals surface area contributed by atoms with Crippen LogP contribution in [-0.4, -0.2) is 166 Å². The third-order valence-corrected chi connectivity index (χ3v) is 14.3. The summed E-state index contributed by atoms with van der Waals surface area (Å²) in [4.78, 5) is 157. The van der Waals surface area contributed by atoms with E-state index in [0.29, 0.717) is 31.7 Å². The molecule has 0 aliphatic carbocycles. The van der Waals surface area contributed by atoms with Crippen LogP contribution in [0.4, 0.5) is 4.79 Å². The molecular weight excluding hydrogens is 1110 g/mol. The molecule has 25 nitrogen and oxygen atoms in total. The predicted molar refractivity (Wildman–Crippen MR) is 326 cm³/mol. The third kappa shape index (κ3) is 26.4. The van der Waals surface area contributed by atoms with Gasteiger partial charge in [0.15, 0.2) is 11.6 Å². The lowest BCUT2D eigenvalue weighted by molar-refractivity contribution is -0.139. The number of rotatable bonds is 35. The topological polar surface area (TPSA) is 338 Å². The van der Waals surface area contributed by atoms with E-state index in [4.69, 9.17) is 9.15 Å². The Morgan fingerprint density at radius 1 is 0.628 bits per heavy atom.